The average Bonchev–Trinajstić information content (AvgIpc) is 3.27. The number of halogens is 2. The summed E-state index contributed by atoms with van der Waals surface area (Å²) in [5.41, 5.74) is 3.25. The van der Waals surface area contributed by atoms with Gasteiger partial charge in [0.15, 0.2) is 5.16 Å². The molecule has 9 heteroatoms. The number of nitrogens with zero attached hydrogens (tertiary/aromatic N) is 4. The van der Waals surface area contributed by atoms with Crippen molar-refractivity contribution in [1.29, 1.82) is 0 Å². The first kappa shape index (κ1) is 19.4. The van der Waals surface area contributed by atoms with E-state index in [4.69, 9.17) is 0 Å². The fourth-order valence-electron chi connectivity index (χ4n) is 3.24. The van der Waals surface area contributed by atoms with Crippen molar-refractivity contribution in [2.45, 2.75) is 30.4 Å². The van der Waals surface area contributed by atoms with Crippen molar-refractivity contribution in [3.8, 4) is 0 Å². The fraction of sp³-hybridized carbons (Fsp3) is 0.250. The van der Waals surface area contributed by atoms with Crippen molar-refractivity contribution >= 4 is 39.7 Å². The molecule has 0 saturated heterocycles. The molecule has 0 saturated carbocycles. The van der Waals surface area contributed by atoms with Gasteiger partial charge in [-0.1, -0.05) is 24.3 Å². The summed E-state index contributed by atoms with van der Waals surface area (Å²) in [6.45, 7) is 1.15. The Balaban J connectivity index is 1.36. The van der Waals surface area contributed by atoms with Crippen molar-refractivity contribution in [1.82, 2.24) is 24.4 Å². The Morgan fingerprint density at radius 1 is 1.07 bits per heavy atom. The number of alkyl halides is 2. The molecule has 4 rings (SSSR count). The summed E-state index contributed by atoms with van der Waals surface area (Å²) < 4.78 is 29.3. The van der Waals surface area contributed by atoms with Crippen molar-refractivity contribution in [3.63, 3.8) is 0 Å². The van der Waals surface area contributed by atoms with Gasteiger partial charge in [-0.2, -0.15) is 8.78 Å². The number of thioether (sulfide) groups is 1. The Kier molecular flexibility index (Phi) is 5.75. The van der Waals surface area contributed by atoms with Crippen LogP contribution < -0.4 is 5.32 Å². The molecule has 0 aliphatic rings. The molecule has 0 radical (unpaired) electrons. The molecule has 6 nitrogen and oxygen atoms in total. The van der Waals surface area contributed by atoms with Gasteiger partial charge in [-0.05, 0) is 42.4 Å². The molecule has 150 valence electrons. The third-order valence-electron chi connectivity index (χ3n) is 4.54. The Morgan fingerprint density at radius 3 is 2.59 bits per heavy atom. The number of para-hydroxylation sites is 4. The van der Waals surface area contributed by atoms with Gasteiger partial charge in [0, 0.05) is 13.1 Å². The minimum Gasteiger partial charge on any atom is -0.354 e. The first-order valence-electron chi connectivity index (χ1n) is 9.18. The zero-order valence-corrected chi connectivity index (χ0v) is 16.3. The lowest BCUT2D eigenvalue weighted by Crippen LogP contribution is -2.29. The molecule has 0 fully saturated rings. The van der Waals surface area contributed by atoms with Gasteiger partial charge in [0.2, 0.25) is 5.91 Å². The Hall–Kier alpha value is -2.94. The predicted molar refractivity (Wildman–Crippen MR) is 109 cm³/mol. The minimum atomic E-state index is -2.60. The van der Waals surface area contributed by atoms with Gasteiger partial charge in [-0.15, -0.1) is 0 Å². The van der Waals surface area contributed by atoms with E-state index in [1.54, 1.807) is 30.6 Å². The highest BCUT2D eigenvalue weighted by Crippen LogP contribution is 2.28. The van der Waals surface area contributed by atoms with Crippen LogP contribution in [0.15, 0.2) is 60.0 Å². The predicted octanol–water partition coefficient (Wildman–Crippen LogP) is 3.91. The molecule has 0 spiro atoms. The van der Waals surface area contributed by atoms with Crippen LogP contribution in [0.5, 0.6) is 0 Å². The van der Waals surface area contributed by atoms with Gasteiger partial charge in [-0.25, -0.2) is 9.97 Å². The zero-order valence-electron chi connectivity index (χ0n) is 15.5. The molecule has 0 aliphatic carbocycles. The van der Waals surface area contributed by atoms with Gasteiger partial charge in [0.1, 0.15) is 6.54 Å². The fourth-order valence-corrected chi connectivity index (χ4v) is 3.84. The highest BCUT2D eigenvalue weighted by atomic mass is 32.2. The van der Waals surface area contributed by atoms with Crippen LogP contribution in [0, 0.1) is 0 Å². The maximum Gasteiger partial charge on any atom is 0.291 e. The molecule has 0 unspecified atom stereocenters. The highest BCUT2D eigenvalue weighted by Gasteiger charge is 2.17. The molecule has 0 bridgehead atoms. The number of imidazole rings is 2. The number of hydrogen-bond donors (Lipinski definition) is 1. The third kappa shape index (κ3) is 4.40. The molecule has 0 atom stereocenters. The second kappa shape index (κ2) is 8.60. The molecule has 1 amide bonds. The van der Waals surface area contributed by atoms with Crippen molar-refractivity contribution in [2.75, 3.05) is 6.54 Å². The van der Waals surface area contributed by atoms with E-state index in [-0.39, 0.29) is 17.6 Å². The highest BCUT2D eigenvalue weighted by molar-refractivity contribution is 7.99. The Labute approximate surface area is 169 Å². The number of hydrogen-bond acceptors (Lipinski definition) is 4. The van der Waals surface area contributed by atoms with Crippen LogP contribution >= 0.6 is 11.8 Å². The Bertz CT molecular complexity index is 1140. The summed E-state index contributed by atoms with van der Waals surface area (Å²) >= 11 is 0.349. The molecular formula is C20H19F2N5OS. The third-order valence-corrected chi connectivity index (χ3v) is 5.24. The van der Waals surface area contributed by atoms with Crippen LogP contribution in [-0.2, 0) is 17.9 Å². The first-order valence-corrected chi connectivity index (χ1v) is 10.1. The van der Waals surface area contributed by atoms with Crippen LogP contribution in [0.3, 0.4) is 0 Å². The quantitative estimate of drug-likeness (QED) is 0.350. The number of benzene rings is 2. The number of carbonyl (C=O) groups is 1. The lowest BCUT2D eigenvalue weighted by atomic mass is 10.3. The average molecular weight is 415 g/mol. The molecule has 29 heavy (non-hydrogen) atoms. The topological polar surface area (TPSA) is 64.7 Å². The van der Waals surface area contributed by atoms with Crippen molar-refractivity contribution in [3.05, 3.63) is 54.9 Å². The van der Waals surface area contributed by atoms with Gasteiger partial charge < -0.3 is 14.5 Å². The van der Waals surface area contributed by atoms with Gasteiger partial charge in [0.05, 0.1) is 28.4 Å². The van der Waals surface area contributed by atoms with Gasteiger partial charge in [0.25, 0.3) is 5.76 Å². The number of rotatable bonds is 8. The van der Waals surface area contributed by atoms with Crippen molar-refractivity contribution in [2.24, 2.45) is 0 Å². The summed E-state index contributed by atoms with van der Waals surface area (Å²) in [5.74, 6) is -2.83. The van der Waals surface area contributed by atoms with Crippen LogP contribution in [0.2, 0.25) is 0 Å². The second-order valence-electron chi connectivity index (χ2n) is 6.48. The van der Waals surface area contributed by atoms with Crippen LogP contribution in [0.1, 0.15) is 6.42 Å². The van der Waals surface area contributed by atoms with E-state index in [1.807, 2.05) is 28.8 Å². The first-order chi connectivity index (χ1) is 14.1. The summed E-state index contributed by atoms with van der Waals surface area (Å²) in [4.78, 5) is 21.0. The smallest absolute Gasteiger partial charge is 0.291 e. The number of aryl methyl sites for hydroxylation is 1. The monoisotopic (exact) mass is 415 g/mol. The second-order valence-corrected chi connectivity index (χ2v) is 7.44. The number of nitrogens with one attached hydrogen (secondary N) is 1. The van der Waals surface area contributed by atoms with E-state index in [0.29, 0.717) is 29.3 Å². The zero-order chi connectivity index (χ0) is 20.2. The maximum atomic E-state index is 12.9. The van der Waals surface area contributed by atoms with Gasteiger partial charge in [-0.3, -0.25) is 4.79 Å². The Morgan fingerprint density at radius 2 is 1.79 bits per heavy atom. The summed E-state index contributed by atoms with van der Waals surface area (Å²) in [7, 11) is 0. The maximum absolute atomic E-state index is 12.9. The molecular weight excluding hydrogens is 396 g/mol. The summed E-state index contributed by atoms with van der Waals surface area (Å²) in [6, 6.07) is 15.0. The van der Waals surface area contributed by atoms with E-state index >= 15 is 0 Å². The summed E-state index contributed by atoms with van der Waals surface area (Å²) in [5, 5.41) is 3.00. The van der Waals surface area contributed by atoms with Crippen LogP contribution in [0.25, 0.3) is 22.1 Å². The van der Waals surface area contributed by atoms with E-state index in [0.717, 1.165) is 24.0 Å². The SMILES string of the molecule is O=C(Cn1c(SC(F)F)nc2ccccc21)NCCCn1cnc2ccccc21. The number of aromatic nitrogens is 4. The number of carbonyl (C=O) groups excluding carboxylic acids is 1. The van der Waals surface area contributed by atoms with E-state index in [9.17, 15) is 13.6 Å². The lowest BCUT2D eigenvalue weighted by Gasteiger charge is -2.10. The van der Waals surface area contributed by atoms with E-state index in [2.05, 4.69) is 15.3 Å². The van der Waals surface area contributed by atoms with E-state index in [1.165, 1.54) is 4.57 Å². The minimum absolute atomic E-state index is 0.0520. The molecule has 2 aromatic heterocycles. The molecule has 1 N–H and O–H groups in total. The van der Waals surface area contributed by atoms with Gasteiger partial charge >= 0.3 is 0 Å². The number of fused-ring (bicyclic) bond motifs is 2. The lowest BCUT2D eigenvalue weighted by molar-refractivity contribution is -0.121. The largest absolute Gasteiger partial charge is 0.354 e. The summed E-state index contributed by atoms with van der Waals surface area (Å²) in [6.07, 6.45) is 2.52. The normalized spacial score (nSPS) is 11.6. The van der Waals surface area contributed by atoms with Crippen LogP contribution in [-0.4, -0.2) is 37.3 Å². The van der Waals surface area contributed by atoms with Crippen LogP contribution in [0.4, 0.5) is 8.78 Å². The molecule has 0 aliphatic heterocycles. The molecule has 4 aromatic rings. The van der Waals surface area contributed by atoms with E-state index < -0.39 is 5.76 Å². The van der Waals surface area contributed by atoms with Crippen molar-refractivity contribution < 1.29 is 13.6 Å². The standard InChI is InChI=1S/C20H19F2N5OS/c21-19(22)29-20-25-15-7-2-4-9-17(15)27(20)12-18(28)23-10-5-11-26-13-24-14-6-1-3-8-16(14)26/h1-4,6-9,13,19H,5,10-12H2,(H,23,28). The molecule has 2 heterocycles. The molecule has 2 aromatic carbocycles. The number of amides is 1.